The highest BCUT2D eigenvalue weighted by Gasteiger charge is 2.60. The number of pyridine rings is 1. The number of alkyl halides is 18. The van der Waals surface area contributed by atoms with Crippen molar-refractivity contribution in [2.24, 2.45) is 0 Å². The molecule has 0 amide bonds. The summed E-state index contributed by atoms with van der Waals surface area (Å²) in [4.78, 5) is 0. The molecular weight excluding hydrogens is 727 g/mol. The second kappa shape index (κ2) is 11.3. The van der Waals surface area contributed by atoms with E-state index in [1.165, 1.54) is 6.07 Å². The number of rotatable bonds is 2. The van der Waals surface area contributed by atoms with Crippen LogP contribution in [0.25, 0.3) is 11.3 Å². The summed E-state index contributed by atoms with van der Waals surface area (Å²) in [6, 6.07) is 3.60. The Hall–Kier alpha value is -4.39. The van der Waals surface area contributed by atoms with E-state index < -0.39 is 129 Å². The average Bonchev–Trinajstić information content (AvgIpc) is 2.96. The predicted octanol–water partition coefficient (Wildman–Crippen LogP) is 9.46. The van der Waals surface area contributed by atoms with Crippen LogP contribution < -0.4 is 15.4 Å². The number of nitrogens with zero attached hydrogens (tertiary/aromatic N) is 1. The summed E-state index contributed by atoms with van der Waals surface area (Å²) in [6.45, 7) is 0. The van der Waals surface area contributed by atoms with E-state index in [9.17, 15) is 79.0 Å². The third-order valence-corrected chi connectivity index (χ3v) is 8.36. The minimum atomic E-state index is -6.33. The zero-order valence-corrected chi connectivity index (χ0v) is 24.0. The molecule has 0 saturated heterocycles. The minimum absolute atomic E-state index is 0.131. The predicted molar refractivity (Wildman–Crippen MR) is 139 cm³/mol. The zero-order chi connectivity index (χ0) is 37.6. The van der Waals surface area contributed by atoms with E-state index in [-0.39, 0.29) is 10.0 Å². The summed E-state index contributed by atoms with van der Waals surface area (Å²) >= 11 is 0. The highest BCUT2D eigenvalue weighted by molar-refractivity contribution is 6.97. The van der Waals surface area contributed by atoms with Crippen LogP contribution in [-0.2, 0) is 43.4 Å². The van der Waals surface area contributed by atoms with Crippen LogP contribution in [0.15, 0.2) is 72.9 Å². The second-order valence-corrected chi connectivity index (χ2v) is 11.3. The molecule has 1 aromatic heterocycles. The number of halogens is 18. The number of aromatic nitrogens is 1. The van der Waals surface area contributed by atoms with Crippen LogP contribution in [-0.4, -0.2) is 6.28 Å². The van der Waals surface area contributed by atoms with Crippen LogP contribution in [0.5, 0.6) is 0 Å². The molecule has 0 N–H and O–H groups in total. The van der Waals surface area contributed by atoms with Crippen molar-refractivity contribution in [2.45, 2.75) is 43.4 Å². The van der Waals surface area contributed by atoms with Crippen molar-refractivity contribution < 1.29 is 83.5 Å². The molecule has 4 aromatic rings. The van der Waals surface area contributed by atoms with Gasteiger partial charge >= 0.3 is 43.3 Å². The molecule has 2 heterocycles. The van der Waals surface area contributed by atoms with Gasteiger partial charge in [-0.3, -0.25) is 0 Å². The van der Waals surface area contributed by atoms with Gasteiger partial charge < -0.3 is 4.48 Å². The number of hydrogen-bond donors (Lipinski definition) is 0. The summed E-state index contributed by atoms with van der Waals surface area (Å²) in [5.41, 5.74) is -23.1. The van der Waals surface area contributed by atoms with E-state index in [0.717, 1.165) is 36.4 Å². The van der Waals surface area contributed by atoms with Gasteiger partial charge in [0.15, 0.2) is 5.69 Å². The van der Waals surface area contributed by atoms with Crippen LogP contribution in [0.4, 0.5) is 79.0 Å². The molecule has 0 unspecified atom stereocenters. The van der Waals surface area contributed by atoms with E-state index >= 15 is 0 Å². The highest BCUT2D eigenvalue weighted by Crippen LogP contribution is 2.45. The lowest BCUT2D eigenvalue weighted by atomic mass is 9.21. The average molecular weight is 741 g/mol. The zero-order valence-electron chi connectivity index (χ0n) is 24.0. The Labute approximate surface area is 267 Å². The summed E-state index contributed by atoms with van der Waals surface area (Å²) in [5.74, 6) is 0. The first-order valence-electron chi connectivity index (χ1n) is 13.7. The molecule has 20 heteroatoms. The lowest BCUT2D eigenvalue weighted by molar-refractivity contribution is -0.532. The molecule has 0 radical (unpaired) electrons. The van der Waals surface area contributed by atoms with Gasteiger partial charge in [-0.15, -0.1) is 10.9 Å². The van der Waals surface area contributed by atoms with Crippen LogP contribution in [0, 0.1) is 0 Å². The van der Waals surface area contributed by atoms with Crippen LogP contribution in [0.1, 0.15) is 38.9 Å². The maximum atomic E-state index is 14.9. The molecule has 0 aliphatic carbocycles. The Bertz CT molecular complexity index is 1800. The van der Waals surface area contributed by atoms with Gasteiger partial charge in [0.2, 0.25) is 0 Å². The molecule has 50 heavy (non-hydrogen) atoms. The second-order valence-electron chi connectivity index (χ2n) is 11.3. The Morgan fingerprint density at radius 1 is 0.440 bits per heavy atom. The molecule has 0 spiro atoms. The van der Waals surface area contributed by atoms with Crippen LogP contribution >= 0.6 is 0 Å². The lowest BCUT2D eigenvalue weighted by Crippen LogP contribution is -2.84. The molecule has 0 atom stereocenters. The summed E-state index contributed by atoms with van der Waals surface area (Å²) < 4.78 is 261. The first-order valence-corrected chi connectivity index (χ1v) is 13.7. The van der Waals surface area contributed by atoms with Gasteiger partial charge in [0.25, 0.3) is 0 Å². The maximum Gasteiger partial charge on any atom is 0.416 e. The van der Waals surface area contributed by atoms with Crippen molar-refractivity contribution in [1.82, 2.24) is 0 Å². The van der Waals surface area contributed by atoms with Crippen molar-refractivity contribution in [3.63, 3.8) is 0 Å². The van der Waals surface area contributed by atoms with Crippen molar-refractivity contribution in [3.8, 4) is 11.3 Å². The van der Waals surface area contributed by atoms with Gasteiger partial charge in [0.05, 0.1) is 11.1 Å². The fraction of sp³-hybridized carbons (Fsp3) is 0.233. The first kappa shape index (κ1) is 36.9. The molecule has 0 saturated carbocycles. The lowest BCUT2D eigenvalue weighted by Gasteiger charge is -2.45. The Kier molecular flexibility index (Phi) is 8.35. The standard InChI is InChI=1S/C30H14BF18N/c32-25(33,34)15-9-18(27(38,39)40)23(19(10-15)28(41,42)43)31(13-14-5-1-2-6-17(14)22-7-3-4-8-50(22)31)24-20(29(44,45)46)11-16(26(35,36)37)12-21(24)30(47,48)49/h1-12H,13H2. The first-order chi connectivity index (χ1) is 22.6. The topological polar surface area (TPSA) is 3.88 Å². The van der Waals surface area contributed by atoms with E-state index in [0.29, 0.717) is 6.20 Å². The third kappa shape index (κ3) is 6.25. The van der Waals surface area contributed by atoms with E-state index in [1.54, 1.807) is 0 Å². The third-order valence-electron chi connectivity index (χ3n) is 8.36. The molecule has 268 valence electrons. The molecule has 0 bridgehead atoms. The molecule has 1 nitrogen and oxygen atoms in total. The fourth-order valence-electron chi connectivity index (χ4n) is 6.66. The van der Waals surface area contributed by atoms with Crippen molar-refractivity contribution in [1.29, 1.82) is 0 Å². The van der Waals surface area contributed by atoms with Gasteiger partial charge in [-0.2, -0.15) is 79.0 Å². The molecule has 0 fully saturated rings. The largest absolute Gasteiger partial charge is 0.416 e. The highest BCUT2D eigenvalue weighted by atomic mass is 19.4. The quantitative estimate of drug-likeness (QED) is 0.143. The van der Waals surface area contributed by atoms with E-state index in [2.05, 4.69) is 0 Å². The molecule has 1 aliphatic heterocycles. The Morgan fingerprint density at radius 3 is 1.16 bits per heavy atom. The van der Waals surface area contributed by atoms with Gasteiger partial charge in [-0.1, -0.05) is 36.1 Å². The van der Waals surface area contributed by atoms with Gasteiger partial charge in [0.1, 0.15) is 6.20 Å². The molecule has 1 aliphatic rings. The van der Waals surface area contributed by atoms with E-state index in [4.69, 9.17) is 0 Å². The minimum Gasteiger partial charge on any atom is -0.412 e. The summed E-state index contributed by atoms with van der Waals surface area (Å²) in [5, 5.41) is 0. The summed E-state index contributed by atoms with van der Waals surface area (Å²) in [6.07, 6.45) is -43.6. The van der Waals surface area contributed by atoms with Crippen molar-refractivity contribution in [3.05, 3.63) is 112 Å². The fourth-order valence-corrected chi connectivity index (χ4v) is 6.66. The van der Waals surface area contributed by atoms with Crippen LogP contribution in [0.3, 0.4) is 0 Å². The van der Waals surface area contributed by atoms with E-state index in [1.807, 2.05) is 0 Å². The van der Waals surface area contributed by atoms with Crippen molar-refractivity contribution >= 4 is 17.2 Å². The molecule has 3 aromatic carbocycles. The Morgan fingerprint density at radius 2 is 0.800 bits per heavy atom. The van der Waals surface area contributed by atoms with Gasteiger partial charge in [-0.25, -0.2) is 0 Å². The normalized spacial score (nSPS) is 15.5. The number of hydrogen-bond acceptors (Lipinski definition) is 0. The SMILES string of the molecule is FC(F)(F)c1cc(C(F)(F)F)c([B-]2(c3c(C(F)(F)F)cc(C(F)(F)F)cc3C(F)(F)F)Cc3ccccc3-c3cccc[n+]32)c(C(F)(F)F)c1. The molecular formula is C30H14BF18N. The van der Waals surface area contributed by atoms with Crippen molar-refractivity contribution in [2.75, 3.05) is 0 Å². The van der Waals surface area contributed by atoms with Crippen LogP contribution in [0.2, 0.25) is 0 Å². The number of benzene rings is 3. The summed E-state index contributed by atoms with van der Waals surface area (Å²) in [7, 11) is 0. The Balaban J connectivity index is 2.23. The maximum absolute atomic E-state index is 14.9. The van der Waals surface area contributed by atoms with Gasteiger partial charge in [-0.05, 0) is 36.4 Å². The monoisotopic (exact) mass is 741 g/mol. The smallest absolute Gasteiger partial charge is 0.412 e. The number of fused-ring (bicyclic) bond motifs is 3. The molecule has 5 rings (SSSR count). The van der Waals surface area contributed by atoms with Gasteiger partial charge in [0, 0.05) is 33.9 Å².